The van der Waals surface area contributed by atoms with Gasteiger partial charge in [-0.3, -0.25) is 4.90 Å². The van der Waals surface area contributed by atoms with Gasteiger partial charge in [-0.2, -0.15) is 0 Å². The number of nitrogen functional groups attached to an aromatic ring is 1. The van der Waals surface area contributed by atoms with Crippen LogP contribution < -0.4 is 5.73 Å². The second kappa shape index (κ2) is 7.10. The summed E-state index contributed by atoms with van der Waals surface area (Å²) in [7, 11) is 0. The molecule has 1 aliphatic heterocycles. The van der Waals surface area contributed by atoms with Crippen molar-refractivity contribution in [3.8, 4) is 11.3 Å². The summed E-state index contributed by atoms with van der Waals surface area (Å²) in [4.78, 5) is 12.0. The molecule has 2 aromatic heterocycles. The molecule has 0 spiro atoms. The Kier molecular flexibility index (Phi) is 4.67. The highest BCUT2D eigenvalue weighted by Crippen LogP contribution is 2.62. The molecule has 2 saturated carbocycles. The number of anilines is 1. The summed E-state index contributed by atoms with van der Waals surface area (Å²) in [6.45, 7) is 11.7. The molecule has 2 unspecified atom stereocenters. The molecular weight excluding hydrogens is 362 g/mol. The zero-order chi connectivity index (χ0) is 20.3. The van der Waals surface area contributed by atoms with Crippen LogP contribution >= 0.6 is 0 Å². The smallest absolute Gasteiger partial charge is 0.126 e. The third-order valence-corrected chi connectivity index (χ3v) is 7.28. The lowest BCUT2D eigenvalue weighted by Crippen LogP contribution is -2.49. The first kappa shape index (κ1) is 19.1. The van der Waals surface area contributed by atoms with Crippen LogP contribution in [0.15, 0.2) is 18.5 Å². The molecule has 0 amide bonds. The van der Waals surface area contributed by atoms with E-state index in [1.54, 1.807) is 0 Å². The summed E-state index contributed by atoms with van der Waals surface area (Å²) in [5.74, 6) is 3.78. The van der Waals surface area contributed by atoms with Crippen LogP contribution in [0, 0.1) is 18.8 Å². The molecule has 2 aromatic rings. The average Bonchev–Trinajstić information content (AvgIpc) is 3.06. The van der Waals surface area contributed by atoms with Gasteiger partial charge in [0, 0.05) is 48.5 Å². The molecule has 29 heavy (non-hydrogen) atoms. The van der Waals surface area contributed by atoms with Crippen molar-refractivity contribution in [2.24, 2.45) is 11.8 Å². The normalized spacial score (nSPS) is 32.0. The van der Waals surface area contributed by atoms with E-state index in [0.29, 0.717) is 23.8 Å². The highest BCUT2D eigenvalue weighted by Gasteiger charge is 2.58. The standard InChI is InChI=1S/C23H33N5O/c1-13(2)23-26-20(16-7-14(3)22(24)25-10-16)11-28(23)21-18-8-17(9-19(18)21)27-5-6-29-12-15(27)4/h7,10-11,13,15,17-19,21H,5-6,8-9,12H2,1-4H3,(H2,24,25)/t15-,17?,18-,19+,21?/m0/s1. The number of nitrogens with two attached hydrogens (primary N) is 1. The Bertz CT molecular complexity index is 895. The van der Waals surface area contributed by atoms with Crippen molar-refractivity contribution in [1.29, 1.82) is 0 Å². The SMILES string of the molecule is Cc1cc(-c2cn(C3[C@H]4CC(N5CCOC[C@@H]5C)C[C@@H]34)c(C(C)C)n2)cnc1N. The third-order valence-electron chi connectivity index (χ3n) is 7.28. The van der Waals surface area contributed by atoms with Gasteiger partial charge >= 0.3 is 0 Å². The molecule has 3 heterocycles. The molecule has 6 nitrogen and oxygen atoms in total. The van der Waals surface area contributed by atoms with Crippen LogP contribution in [0.1, 0.15) is 57.0 Å². The number of hydrogen-bond donors (Lipinski definition) is 1. The monoisotopic (exact) mass is 395 g/mol. The number of nitrogens with zero attached hydrogens (tertiary/aromatic N) is 4. The van der Waals surface area contributed by atoms with Crippen molar-refractivity contribution in [3.63, 3.8) is 0 Å². The lowest BCUT2D eigenvalue weighted by atomic mass is 10.1. The van der Waals surface area contributed by atoms with Crippen LogP contribution in [0.4, 0.5) is 5.82 Å². The Morgan fingerprint density at radius 2 is 2.00 bits per heavy atom. The maximum absolute atomic E-state index is 5.91. The van der Waals surface area contributed by atoms with E-state index in [0.717, 1.165) is 54.5 Å². The summed E-state index contributed by atoms with van der Waals surface area (Å²) in [6.07, 6.45) is 6.74. The first-order valence-electron chi connectivity index (χ1n) is 11.1. The Labute approximate surface area is 173 Å². The number of fused-ring (bicyclic) bond motifs is 1. The molecule has 6 heteroatoms. The molecule has 2 aliphatic carbocycles. The fraction of sp³-hybridized carbons (Fsp3) is 0.652. The highest BCUT2D eigenvalue weighted by atomic mass is 16.5. The highest BCUT2D eigenvalue weighted by molar-refractivity contribution is 5.61. The van der Waals surface area contributed by atoms with E-state index in [1.165, 1.54) is 18.7 Å². The van der Waals surface area contributed by atoms with E-state index >= 15 is 0 Å². The van der Waals surface area contributed by atoms with Crippen LogP contribution in [0.2, 0.25) is 0 Å². The minimum absolute atomic E-state index is 0.406. The van der Waals surface area contributed by atoms with Gasteiger partial charge in [0.1, 0.15) is 11.6 Å². The first-order chi connectivity index (χ1) is 13.9. The number of ether oxygens (including phenoxy) is 1. The maximum Gasteiger partial charge on any atom is 0.126 e. The molecule has 0 radical (unpaired) electrons. The van der Waals surface area contributed by atoms with Crippen molar-refractivity contribution in [2.75, 3.05) is 25.5 Å². The largest absolute Gasteiger partial charge is 0.383 e. The zero-order valence-electron chi connectivity index (χ0n) is 18.0. The van der Waals surface area contributed by atoms with Crippen molar-refractivity contribution in [2.45, 2.75) is 64.6 Å². The van der Waals surface area contributed by atoms with E-state index in [1.807, 2.05) is 13.1 Å². The summed E-state index contributed by atoms with van der Waals surface area (Å²) >= 11 is 0. The van der Waals surface area contributed by atoms with Gasteiger partial charge in [-0.05, 0) is 50.2 Å². The maximum atomic E-state index is 5.91. The van der Waals surface area contributed by atoms with Gasteiger partial charge in [0.2, 0.25) is 0 Å². The van der Waals surface area contributed by atoms with Gasteiger partial charge in [0.05, 0.1) is 18.9 Å². The van der Waals surface area contributed by atoms with E-state index in [4.69, 9.17) is 15.5 Å². The number of pyridine rings is 1. The lowest BCUT2D eigenvalue weighted by molar-refractivity contribution is -0.0236. The van der Waals surface area contributed by atoms with Crippen LogP contribution in [0.25, 0.3) is 11.3 Å². The third kappa shape index (κ3) is 3.26. The molecular formula is C23H33N5O. The quantitative estimate of drug-likeness (QED) is 0.856. The van der Waals surface area contributed by atoms with Crippen molar-refractivity contribution >= 4 is 5.82 Å². The topological polar surface area (TPSA) is 69.2 Å². The summed E-state index contributed by atoms with van der Waals surface area (Å²) < 4.78 is 8.12. The van der Waals surface area contributed by atoms with E-state index < -0.39 is 0 Å². The summed E-state index contributed by atoms with van der Waals surface area (Å²) in [5.41, 5.74) is 8.99. The van der Waals surface area contributed by atoms with Crippen LogP contribution in [0.5, 0.6) is 0 Å². The second-order valence-electron chi connectivity index (χ2n) is 9.58. The van der Waals surface area contributed by atoms with Crippen LogP contribution in [-0.2, 0) is 4.74 Å². The number of imidazole rings is 1. The van der Waals surface area contributed by atoms with Gasteiger partial charge in [-0.1, -0.05) is 13.8 Å². The van der Waals surface area contributed by atoms with Crippen molar-refractivity contribution < 1.29 is 4.74 Å². The lowest BCUT2D eigenvalue weighted by Gasteiger charge is -2.38. The molecule has 0 aromatic carbocycles. The second-order valence-corrected chi connectivity index (χ2v) is 9.58. The number of hydrogen-bond acceptors (Lipinski definition) is 5. The Morgan fingerprint density at radius 1 is 1.24 bits per heavy atom. The van der Waals surface area contributed by atoms with Crippen molar-refractivity contribution in [1.82, 2.24) is 19.4 Å². The van der Waals surface area contributed by atoms with Crippen LogP contribution in [-0.4, -0.2) is 51.3 Å². The van der Waals surface area contributed by atoms with Crippen molar-refractivity contribution in [3.05, 3.63) is 29.8 Å². The fourth-order valence-electron chi connectivity index (χ4n) is 5.68. The minimum atomic E-state index is 0.406. The van der Waals surface area contributed by atoms with Gasteiger partial charge in [0.25, 0.3) is 0 Å². The Balaban J connectivity index is 1.36. The fourth-order valence-corrected chi connectivity index (χ4v) is 5.68. The van der Waals surface area contributed by atoms with E-state index in [9.17, 15) is 0 Å². The minimum Gasteiger partial charge on any atom is -0.383 e. The van der Waals surface area contributed by atoms with Gasteiger partial charge in [0.15, 0.2) is 0 Å². The predicted octanol–water partition coefficient (Wildman–Crippen LogP) is 3.63. The molecule has 5 rings (SSSR count). The molecule has 0 bridgehead atoms. The Morgan fingerprint density at radius 3 is 2.66 bits per heavy atom. The summed E-state index contributed by atoms with van der Waals surface area (Å²) in [6, 6.07) is 4.00. The molecule has 3 fully saturated rings. The summed E-state index contributed by atoms with van der Waals surface area (Å²) in [5, 5.41) is 0. The number of morpholine rings is 1. The Hall–Kier alpha value is -1.92. The predicted molar refractivity (Wildman–Crippen MR) is 115 cm³/mol. The molecule has 3 aliphatic rings. The van der Waals surface area contributed by atoms with E-state index in [2.05, 4.69) is 47.5 Å². The number of aromatic nitrogens is 3. The van der Waals surface area contributed by atoms with Gasteiger partial charge in [-0.15, -0.1) is 0 Å². The van der Waals surface area contributed by atoms with Crippen LogP contribution in [0.3, 0.4) is 0 Å². The first-order valence-corrected chi connectivity index (χ1v) is 11.1. The van der Waals surface area contributed by atoms with E-state index in [-0.39, 0.29) is 0 Å². The molecule has 5 atom stereocenters. The molecule has 2 N–H and O–H groups in total. The van der Waals surface area contributed by atoms with Gasteiger partial charge in [-0.25, -0.2) is 9.97 Å². The molecule has 1 saturated heterocycles. The molecule has 156 valence electrons. The zero-order valence-corrected chi connectivity index (χ0v) is 18.0. The van der Waals surface area contributed by atoms with Gasteiger partial charge < -0.3 is 15.0 Å². The average molecular weight is 396 g/mol. The number of aryl methyl sites for hydroxylation is 1. The number of rotatable bonds is 4.